The van der Waals surface area contributed by atoms with E-state index in [1.54, 1.807) is 6.07 Å². The number of phenols is 3. The van der Waals surface area contributed by atoms with Gasteiger partial charge in [0.15, 0.2) is 23.7 Å². The van der Waals surface area contributed by atoms with Crippen LogP contribution in [0.1, 0.15) is 35.9 Å². The summed E-state index contributed by atoms with van der Waals surface area (Å²) < 4.78 is 11.0. The molecule has 0 radical (unpaired) electrons. The first-order valence-electron chi connectivity index (χ1n) is 7.72. The van der Waals surface area contributed by atoms with E-state index >= 15 is 0 Å². The summed E-state index contributed by atoms with van der Waals surface area (Å²) in [5, 5.41) is 39.7. The topological polar surface area (TPSA) is 116 Å². The van der Waals surface area contributed by atoms with Crippen molar-refractivity contribution in [3.8, 4) is 28.7 Å². The van der Waals surface area contributed by atoms with Gasteiger partial charge in [0.1, 0.15) is 22.8 Å². The van der Waals surface area contributed by atoms with Crippen molar-refractivity contribution in [2.45, 2.75) is 32.2 Å². The summed E-state index contributed by atoms with van der Waals surface area (Å²) in [5.74, 6) is -1.40. The number of aliphatic hydroxyl groups excluding tert-OH is 1. The number of ketones is 1. The van der Waals surface area contributed by atoms with Gasteiger partial charge in [-0.25, -0.2) is 0 Å². The van der Waals surface area contributed by atoms with Crippen molar-refractivity contribution in [1.82, 2.24) is 0 Å². The van der Waals surface area contributed by atoms with Gasteiger partial charge < -0.3 is 29.9 Å². The summed E-state index contributed by atoms with van der Waals surface area (Å²) in [6, 6.07) is 6.60. The van der Waals surface area contributed by atoms with Crippen molar-refractivity contribution in [3.05, 3.63) is 41.5 Å². The molecule has 2 atom stereocenters. The van der Waals surface area contributed by atoms with Gasteiger partial charge in [-0.05, 0) is 31.5 Å². The molecule has 2 aromatic carbocycles. The van der Waals surface area contributed by atoms with Crippen molar-refractivity contribution in [2.75, 3.05) is 0 Å². The van der Waals surface area contributed by atoms with Crippen LogP contribution < -0.4 is 9.47 Å². The lowest BCUT2D eigenvalue weighted by molar-refractivity contribution is 0.0210. The highest BCUT2D eigenvalue weighted by atomic mass is 16.5. The SMILES string of the molecule is CC(C)Oc1ccc(C2Oc3cc(O)cc(O)c3C(=O)C2O)cc1O. The molecule has 4 N–H and O–H groups in total. The number of hydrogen-bond acceptors (Lipinski definition) is 7. The van der Waals surface area contributed by atoms with E-state index in [4.69, 9.17) is 9.47 Å². The fourth-order valence-electron chi connectivity index (χ4n) is 2.73. The number of phenolic OH excluding ortho intramolecular Hbond substituents is 3. The third-order valence-corrected chi connectivity index (χ3v) is 3.80. The minimum atomic E-state index is -1.57. The monoisotopic (exact) mass is 346 g/mol. The summed E-state index contributed by atoms with van der Waals surface area (Å²) in [6.45, 7) is 3.63. The third kappa shape index (κ3) is 3.06. The molecule has 2 unspecified atom stereocenters. The number of fused-ring (bicyclic) bond motifs is 1. The zero-order valence-corrected chi connectivity index (χ0v) is 13.6. The van der Waals surface area contributed by atoms with Crippen LogP contribution in [0, 0.1) is 0 Å². The average Bonchev–Trinajstić information content (AvgIpc) is 2.51. The van der Waals surface area contributed by atoms with Crippen LogP contribution in [0.25, 0.3) is 0 Å². The Bertz CT molecular complexity index is 828. The number of Topliss-reactive ketones (excluding diaryl/α,β-unsaturated/α-hetero) is 1. The summed E-state index contributed by atoms with van der Waals surface area (Å²) in [7, 11) is 0. The predicted molar refractivity (Wildman–Crippen MR) is 87.3 cm³/mol. The van der Waals surface area contributed by atoms with Gasteiger partial charge >= 0.3 is 0 Å². The minimum absolute atomic E-state index is 0.0419. The summed E-state index contributed by atoms with van der Waals surface area (Å²) >= 11 is 0. The number of hydrogen-bond donors (Lipinski definition) is 4. The van der Waals surface area contributed by atoms with E-state index in [1.165, 1.54) is 18.2 Å². The van der Waals surface area contributed by atoms with Gasteiger partial charge in [0.25, 0.3) is 0 Å². The highest BCUT2D eigenvalue weighted by Crippen LogP contribution is 2.42. The quantitative estimate of drug-likeness (QED) is 0.673. The van der Waals surface area contributed by atoms with E-state index in [0.29, 0.717) is 5.56 Å². The lowest BCUT2D eigenvalue weighted by Gasteiger charge is -2.30. The Balaban J connectivity index is 1.98. The van der Waals surface area contributed by atoms with Gasteiger partial charge in [-0.2, -0.15) is 0 Å². The molecule has 7 heteroatoms. The fourth-order valence-corrected chi connectivity index (χ4v) is 2.73. The Hall–Kier alpha value is -2.93. The first-order chi connectivity index (χ1) is 11.8. The highest BCUT2D eigenvalue weighted by molar-refractivity contribution is 6.05. The van der Waals surface area contributed by atoms with Crippen molar-refractivity contribution in [3.63, 3.8) is 0 Å². The Labute approximate surface area is 143 Å². The summed E-state index contributed by atoms with van der Waals surface area (Å²) in [4.78, 5) is 12.4. The second-order valence-electron chi connectivity index (χ2n) is 6.08. The smallest absolute Gasteiger partial charge is 0.202 e. The number of ether oxygens (including phenoxy) is 2. The molecule has 132 valence electrons. The molecule has 25 heavy (non-hydrogen) atoms. The molecule has 1 aliphatic heterocycles. The van der Waals surface area contributed by atoms with Crippen molar-refractivity contribution in [2.24, 2.45) is 0 Å². The molecule has 0 bridgehead atoms. The summed E-state index contributed by atoms with van der Waals surface area (Å²) in [5.41, 5.74) is 0.161. The van der Waals surface area contributed by atoms with Crippen molar-refractivity contribution < 1.29 is 34.7 Å². The first-order valence-corrected chi connectivity index (χ1v) is 7.72. The van der Waals surface area contributed by atoms with Crippen LogP contribution in [-0.4, -0.2) is 38.4 Å². The summed E-state index contributed by atoms with van der Waals surface area (Å²) in [6.07, 6.45) is -2.80. The molecule has 3 rings (SSSR count). The Morgan fingerprint density at radius 2 is 1.80 bits per heavy atom. The number of rotatable bonds is 3. The minimum Gasteiger partial charge on any atom is -0.508 e. The number of aliphatic hydroxyl groups is 1. The van der Waals surface area contributed by atoms with Gasteiger partial charge in [-0.1, -0.05) is 6.07 Å². The molecular formula is C18H18O7. The van der Waals surface area contributed by atoms with Gasteiger partial charge in [0.2, 0.25) is 5.78 Å². The molecule has 0 fully saturated rings. The number of carbonyl (C=O) groups is 1. The Morgan fingerprint density at radius 3 is 2.44 bits per heavy atom. The second-order valence-corrected chi connectivity index (χ2v) is 6.08. The van der Waals surface area contributed by atoms with E-state index in [2.05, 4.69) is 0 Å². The van der Waals surface area contributed by atoms with Crippen LogP contribution in [0.4, 0.5) is 0 Å². The van der Waals surface area contributed by atoms with Crippen LogP contribution in [0.15, 0.2) is 30.3 Å². The van der Waals surface area contributed by atoms with Gasteiger partial charge in [-0.3, -0.25) is 4.79 Å². The van der Waals surface area contributed by atoms with Gasteiger partial charge in [0, 0.05) is 12.1 Å². The average molecular weight is 346 g/mol. The van der Waals surface area contributed by atoms with E-state index in [-0.39, 0.29) is 34.7 Å². The normalized spacial score (nSPS) is 19.4. The maximum absolute atomic E-state index is 12.4. The zero-order chi connectivity index (χ0) is 18.3. The Morgan fingerprint density at radius 1 is 1.08 bits per heavy atom. The lowest BCUT2D eigenvalue weighted by Crippen LogP contribution is -2.36. The predicted octanol–water partition coefficient (Wildman–Crippen LogP) is 2.27. The van der Waals surface area contributed by atoms with Crippen LogP contribution in [0.2, 0.25) is 0 Å². The van der Waals surface area contributed by atoms with Crippen molar-refractivity contribution in [1.29, 1.82) is 0 Å². The molecule has 0 saturated carbocycles. The van der Waals surface area contributed by atoms with E-state index in [0.717, 1.165) is 6.07 Å². The van der Waals surface area contributed by atoms with Gasteiger partial charge in [0.05, 0.1) is 6.10 Å². The van der Waals surface area contributed by atoms with Gasteiger partial charge in [-0.15, -0.1) is 0 Å². The molecule has 0 aliphatic carbocycles. The molecule has 2 aromatic rings. The third-order valence-electron chi connectivity index (χ3n) is 3.80. The molecule has 0 spiro atoms. The number of aromatic hydroxyl groups is 3. The molecular weight excluding hydrogens is 328 g/mol. The Kier molecular flexibility index (Phi) is 4.18. The maximum atomic E-state index is 12.4. The van der Waals surface area contributed by atoms with E-state index < -0.39 is 23.7 Å². The number of carbonyl (C=O) groups excluding carboxylic acids is 1. The highest BCUT2D eigenvalue weighted by Gasteiger charge is 2.39. The second kappa shape index (κ2) is 6.18. The lowest BCUT2D eigenvalue weighted by atomic mass is 9.92. The maximum Gasteiger partial charge on any atom is 0.202 e. The molecule has 0 aromatic heterocycles. The molecule has 0 saturated heterocycles. The van der Waals surface area contributed by atoms with Crippen LogP contribution in [0.5, 0.6) is 28.7 Å². The molecule has 0 amide bonds. The van der Waals surface area contributed by atoms with E-state index in [1.807, 2.05) is 13.8 Å². The molecule has 7 nitrogen and oxygen atoms in total. The largest absolute Gasteiger partial charge is 0.508 e. The number of benzene rings is 2. The standard InChI is InChI=1S/C18H18O7/c1-8(2)24-13-4-3-9(5-11(13)20)18-17(23)16(22)15-12(21)6-10(19)7-14(15)25-18/h3-8,17-21,23H,1-2H3. The van der Waals surface area contributed by atoms with Crippen LogP contribution in [-0.2, 0) is 0 Å². The molecule has 1 aliphatic rings. The van der Waals surface area contributed by atoms with Crippen molar-refractivity contribution >= 4 is 5.78 Å². The molecule has 1 heterocycles. The first kappa shape index (κ1) is 16.9. The van der Waals surface area contributed by atoms with Crippen LogP contribution in [0.3, 0.4) is 0 Å². The van der Waals surface area contributed by atoms with Crippen LogP contribution >= 0.6 is 0 Å². The zero-order valence-electron chi connectivity index (χ0n) is 13.6. The fraction of sp³-hybridized carbons (Fsp3) is 0.278. The van der Waals surface area contributed by atoms with E-state index in [9.17, 15) is 25.2 Å².